The second-order valence-corrected chi connectivity index (χ2v) is 11.2. The number of carbonyl (C=O) groups excluding carboxylic acids is 3. The van der Waals surface area contributed by atoms with Gasteiger partial charge in [-0.1, -0.05) is 38.2 Å². The van der Waals surface area contributed by atoms with Crippen LogP contribution in [0.3, 0.4) is 0 Å². The van der Waals surface area contributed by atoms with E-state index < -0.39 is 46.6 Å². The van der Waals surface area contributed by atoms with Crippen molar-refractivity contribution < 1.29 is 29.0 Å². The van der Waals surface area contributed by atoms with E-state index in [0.717, 1.165) is 19.3 Å². The molecular formula is C27H40N2O6. The molecule has 4 heterocycles. The number of ether oxygens (including phenoxy) is 2. The smallest absolute Gasteiger partial charge is 0.313 e. The zero-order valence-electron chi connectivity index (χ0n) is 21.7. The number of aliphatic hydroxyl groups excluding tert-OH is 1. The number of rotatable bonds is 4. The summed E-state index contributed by atoms with van der Waals surface area (Å²) >= 11 is 0. The van der Waals surface area contributed by atoms with Crippen LogP contribution in [0.1, 0.15) is 66.7 Å². The van der Waals surface area contributed by atoms with Crippen LogP contribution >= 0.6 is 0 Å². The summed E-state index contributed by atoms with van der Waals surface area (Å²) in [6, 6.07) is -1.53. The van der Waals surface area contributed by atoms with Gasteiger partial charge in [0, 0.05) is 12.1 Å². The summed E-state index contributed by atoms with van der Waals surface area (Å²) in [7, 11) is 0. The highest BCUT2D eigenvalue weighted by Crippen LogP contribution is 2.58. The molecule has 0 aliphatic carbocycles. The van der Waals surface area contributed by atoms with Crippen LogP contribution in [0.15, 0.2) is 24.3 Å². The average molecular weight is 489 g/mol. The summed E-state index contributed by atoms with van der Waals surface area (Å²) in [4.78, 5) is 45.3. The Morgan fingerprint density at radius 3 is 2.46 bits per heavy atom. The minimum atomic E-state index is -1.32. The topological polar surface area (TPSA) is 96.4 Å². The maximum Gasteiger partial charge on any atom is 0.313 e. The van der Waals surface area contributed by atoms with E-state index in [1.54, 1.807) is 4.90 Å². The van der Waals surface area contributed by atoms with Crippen molar-refractivity contribution >= 4 is 17.8 Å². The van der Waals surface area contributed by atoms with E-state index >= 15 is 0 Å². The monoisotopic (exact) mass is 488 g/mol. The molecule has 4 aliphatic heterocycles. The molecular weight excluding hydrogens is 448 g/mol. The molecule has 0 saturated carbocycles. The number of esters is 1. The molecule has 1 unspecified atom stereocenters. The lowest BCUT2D eigenvalue weighted by atomic mass is 9.73. The van der Waals surface area contributed by atoms with E-state index in [9.17, 15) is 19.5 Å². The molecule has 2 fully saturated rings. The van der Waals surface area contributed by atoms with Gasteiger partial charge in [0.1, 0.15) is 23.2 Å². The summed E-state index contributed by atoms with van der Waals surface area (Å²) in [6.07, 6.45) is 11.1. The van der Waals surface area contributed by atoms with E-state index in [0.29, 0.717) is 26.0 Å². The standard InChI is InChI=1S/C27H40N2O6/c1-6-18(17-30)29-21-23(32)28(25(3,4)5)15-12-14-27(21)19(22(29)31)20-24(33)34-16-11-9-8-10-13-26(20,7-2)35-27/h10,12-14,18-21,30H,6-9,11,15-17H2,1-5H3/b13-10-/t18-,19-,20+,21?,26-,27-/m0/s1. The number of amides is 2. The molecule has 0 bridgehead atoms. The molecule has 8 nitrogen and oxygen atoms in total. The molecule has 0 aromatic carbocycles. The molecule has 2 saturated heterocycles. The van der Waals surface area contributed by atoms with Gasteiger partial charge in [0.05, 0.1) is 25.2 Å². The number of aliphatic hydroxyl groups is 1. The number of cyclic esters (lactones) is 1. The van der Waals surface area contributed by atoms with Crippen LogP contribution < -0.4 is 0 Å². The van der Waals surface area contributed by atoms with Gasteiger partial charge in [0.25, 0.3) is 0 Å². The summed E-state index contributed by atoms with van der Waals surface area (Å²) in [5, 5.41) is 10.2. The molecule has 0 aromatic rings. The Bertz CT molecular complexity index is 919. The Balaban J connectivity index is 1.94. The maximum absolute atomic E-state index is 14.2. The molecule has 0 radical (unpaired) electrons. The first kappa shape index (κ1) is 25.9. The Hall–Kier alpha value is -2.19. The third-order valence-corrected chi connectivity index (χ3v) is 8.21. The number of likely N-dealkylation sites (tertiary alicyclic amines) is 1. The molecule has 35 heavy (non-hydrogen) atoms. The van der Waals surface area contributed by atoms with Gasteiger partial charge in [0.2, 0.25) is 11.8 Å². The van der Waals surface area contributed by atoms with Crippen LogP contribution in [0.2, 0.25) is 0 Å². The zero-order valence-corrected chi connectivity index (χ0v) is 21.7. The number of carbonyl (C=O) groups is 3. The Kier molecular flexibility index (Phi) is 6.92. The second-order valence-electron chi connectivity index (χ2n) is 11.2. The van der Waals surface area contributed by atoms with Crippen molar-refractivity contribution in [3.63, 3.8) is 0 Å². The normalized spacial score (nSPS) is 37.3. The third kappa shape index (κ3) is 3.93. The van der Waals surface area contributed by atoms with Gasteiger partial charge in [-0.15, -0.1) is 0 Å². The van der Waals surface area contributed by atoms with Crippen molar-refractivity contribution in [2.75, 3.05) is 19.8 Å². The number of nitrogens with zero attached hydrogens (tertiary/aromatic N) is 2. The maximum atomic E-state index is 14.2. The largest absolute Gasteiger partial charge is 0.465 e. The van der Waals surface area contributed by atoms with Gasteiger partial charge in [-0.3, -0.25) is 14.4 Å². The Labute approximate surface area is 208 Å². The van der Waals surface area contributed by atoms with Gasteiger partial charge in [0.15, 0.2) is 0 Å². The highest BCUT2D eigenvalue weighted by molar-refractivity contribution is 5.99. The first-order valence-electron chi connectivity index (χ1n) is 13.0. The molecule has 2 amide bonds. The molecule has 1 N–H and O–H groups in total. The quantitative estimate of drug-likeness (QED) is 0.483. The average Bonchev–Trinajstić information content (AvgIpc) is 3.16. The summed E-state index contributed by atoms with van der Waals surface area (Å²) < 4.78 is 12.6. The predicted molar refractivity (Wildman–Crippen MR) is 130 cm³/mol. The molecule has 4 aliphatic rings. The summed E-state index contributed by atoms with van der Waals surface area (Å²) in [5.74, 6) is -2.80. The number of allylic oxidation sites excluding steroid dienone is 1. The van der Waals surface area contributed by atoms with Gasteiger partial charge in [-0.05, 0) is 52.9 Å². The fourth-order valence-electron chi connectivity index (χ4n) is 6.39. The highest BCUT2D eigenvalue weighted by atomic mass is 16.6. The van der Waals surface area contributed by atoms with E-state index in [2.05, 4.69) is 0 Å². The Morgan fingerprint density at radius 1 is 1.09 bits per heavy atom. The fraction of sp³-hybridized carbons (Fsp3) is 0.741. The number of hydrogen-bond donors (Lipinski definition) is 1. The first-order chi connectivity index (χ1) is 16.6. The van der Waals surface area contributed by atoms with E-state index in [1.807, 2.05) is 58.9 Å². The van der Waals surface area contributed by atoms with Gasteiger partial charge >= 0.3 is 5.97 Å². The lowest BCUT2D eigenvalue weighted by Crippen LogP contribution is -2.61. The van der Waals surface area contributed by atoms with Crippen molar-refractivity contribution in [1.29, 1.82) is 0 Å². The van der Waals surface area contributed by atoms with Gasteiger partial charge in [-0.2, -0.15) is 0 Å². The molecule has 1 spiro atoms. The lowest BCUT2D eigenvalue weighted by molar-refractivity contribution is -0.164. The van der Waals surface area contributed by atoms with Crippen molar-refractivity contribution in [1.82, 2.24) is 9.80 Å². The summed E-state index contributed by atoms with van der Waals surface area (Å²) in [5.41, 5.74) is -2.87. The van der Waals surface area contributed by atoms with Crippen LogP contribution in [0.25, 0.3) is 0 Å². The number of fused-ring (bicyclic) bond motifs is 2. The minimum absolute atomic E-state index is 0.224. The van der Waals surface area contributed by atoms with E-state index in [1.165, 1.54) is 4.90 Å². The molecule has 6 atom stereocenters. The molecule has 4 rings (SSSR count). The van der Waals surface area contributed by atoms with Crippen molar-refractivity contribution in [2.45, 2.75) is 95.5 Å². The zero-order chi connectivity index (χ0) is 25.6. The molecule has 8 heteroatoms. The molecule has 0 aromatic heterocycles. The van der Waals surface area contributed by atoms with Gasteiger partial charge < -0.3 is 24.4 Å². The van der Waals surface area contributed by atoms with Crippen molar-refractivity contribution in [3.05, 3.63) is 24.3 Å². The Morgan fingerprint density at radius 2 is 1.83 bits per heavy atom. The van der Waals surface area contributed by atoms with Crippen LogP contribution in [0, 0.1) is 11.8 Å². The number of hydrogen-bond acceptors (Lipinski definition) is 6. The minimum Gasteiger partial charge on any atom is -0.465 e. The van der Waals surface area contributed by atoms with E-state index in [-0.39, 0.29) is 18.4 Å². The van der Waals surface area contributed by atoms with E-state index in [4.69, 9.17) is 9.47 Å². The van der Waals surface area contributed by atoms with Gasteiger partial charge in [-0.25, -0.2) is 0 Å². The first-order valence-corrected chi connectivity index (χ1v) is 13.0. The fourth-order valence-corrected chi connectivity index (χ4v) is 6.39. The highest BCUT2D eigenvalue weighted by Gasteiger charge is 2.76. The predicted octanol–water partition coefficient (Wildman–Crippen LogP) is 2.60. The van der Waals surface area contributed by atoms with Crippen molar-refractivity contribution in [2.24, 2.45) is 11.8 Å². The van der Waals surface area contributed by atoms with Crippen LogP contribution in [-0.2, 0) is 23.9 Å². The van der Waals surface area contributed by atoms with Crippen LogP contribution in [0.4, 0.5) is 0 Å². The third-order valence-electron chi connectivity index (χ3n) is 8.21. The summed E-state index contributed by atoms with van der Waals surface area (Å²) in [6.45, 7) is 10.1. The van der Waals surface area contributed by atoms with Crippen LogP contribution in [0.5, 0.6) is 0 Å². The molecule has 194 valence electrons. The van der Waals surface area contributed by atoms with Crippen molar-refractivity contribution in [3.8, 4) is 0 Å². The lowest BCUT2D eigenvalue weighted by Gasteiger charge is -2.43. The second kappa shape index (κ2) is 9.36. The van der Waals surface area contributed by atoms with Crippen LogP contribution in [-0.4, -0.2) is 81.3 Å². The SMILES string of the molecule is CC[C@@H](CO)N1C(=O)[C@@H]2[C@@H]3C(=O)OCCCC/C=C\[C@]3(CC)O[C@@]23C=CCN(C(C)(C)C)C(=O)C13.